The topological polar surface area (TPSA) is 42.3 Å². The van der Waals surface area contributed by atoms with Crippen molar-refractivity contribution in [3.8, 4) is 0 Å². The Bertz CT molecular complexity index is 1050. The van der Waals surface area contributed by atoms with Gasteiger partial charge in [-0.05, 0) is 23.8 Å². The van der Waals surface area contributed by atoms with Crippen molar-refractivity contribution in [2.75, 3.05) is 7.05 Å². The summed E-state index contributed by atoms with van der Waals surface area (Å²) in [5.74, 6) is -1.74. The van der Waals surface area contributed by atoms with Crippen molar-refractivity contribution in [1.29, 1.82) is 0 Å². The molecule has 7 heteroatoms. The SMILES string of the molecule is CN1C(=O)SC(=O)C1c1cccc2c1ccn2Cc1cccc(F)c1F. The number of aromatic nitrogens is 1. The highest BCUT2D eigenvalue weighted by Gasteiger charge is 2.39. The molecule has 26 heavy (non-hydrogen) atoms. The first-order valence-corrected chi connectivity index (χ1v) is 8.78. The monoisotopic (exact) mass is 372 g/mol. The van der Waals surface area contributed by atoms with Crippen LogP contribution in [-0.4, -0.2) is 26.9 Å². The third-order valence-electron chi connectivity index (χ3n) is 4.60. The molecule has 3 aromatic rings. The van der Waals surface area contributed by atoms with E-state index in [1.807, 2.05) is 18.2 Å². The maximum Gasteiger partial charge on any atom is 0.289 e. The van der Waals surface area contributed by atoms with Crippen LogP contribution in [0.15, 0.2) is 48.7 Å². The molecule has 4 nitrogen and oxygen atoms in total. The van der Waals surface area contributed by atoms with E-state index in [2.05, 4.69) is 0 Å². The van der Waals surface area contributed by atoms with Crippen molar-refractivity contribution in [3.63, 3.8) is 0 Å². The molecule has 0 aliphatic carbocycles. The predicted molar refractivity (Wildman–Crippen MR) is 95.9 cm³/mol. The number of halogens is 2. The third kappa shape index (κ3) is 2.59. The second kappa shape index (κ2) is 6.25. The smallest absolute Gasteiger partial charge is 0.289 e. The van der Waals surface area contributed by atoms with Crippen LogP contribution in [0.5, 0.6) is 0 Å². The number of nitrogens with zero attached hydrogens (tertiary/aromatic N) is 2. The summed E-state index contributed by atoms with van der Waals surface area (Å²) in [6.07, 6.45) is 1.77. The Morgan fingerprint density at radius 2 is 1.85 bits per heavy atom. The minimum absolute atomic E-state index is 0.165. The molecule has 0 N–H and O–H groups in total. The van der Waals surface area contributed by atoms with E-state index >= 15 is 0 Å². The van der Waals surface area contributed by atoms with Gasteiger partial charge < -0.3 is 9.47 Å². The summed E-state index contributed by atoms with van der Waals surface area (Å²) in [6, 6.07) is 10.7. The molecule has 1 aromatic heterocycles. The fourth-order valence-electron chi connectivity index (χ4n) is 3.29. The number of benzene rings is 2. The van der Waals surface area contributed by atoms with E-state index < -0.39 is 17.7 Å². The molecule has 0 saturated carbocycles. The number of thioether (sulfide) groups is 1. The molecule has 1 saturated heterocycles. The van der Waals surface area contributed by atoms with Gasteiger partial charge in [-0.25, -0.2) is 8.78 Å². The quantitative estimate of drug-likeness (QED) is 0.687. The molecule has 2 aromatic carbocycles. The molecular formula is C19H14F2N2O2S. The van der Waals surface area contributed by atoms with Crippen molar-refractivity contribution >= 4 is 33.0 Å². The molecule has 2 heterocycles. The Morgan fingerprint density at radius 3 is 2.58 bits per heavy atom. The lowest BCUT2D eigenvalue weighted by Gasteiger charge is -2.18. The van der Waals surface area contributed by atoms with E-state index in [0.717, 1.165) is 22.5 Å². The summed E-state index contributed by atoms with van der Waals surface area (Å²) in [5, 5.41) is 0.317. The molecule has 1 unspecified atom stereocenters. The molecule has 1 amide bonds. The van der Waals surface area contributed by atoms with E-state index in [0.29, 0.717) is 11.8 Å². The Labute approximate surface area is 152 Å². The zero-order valence-electron chi connectivity index (χ0n) is 13.8. The first-order chi connectivity index (χ1) is 12.5. The number of fused-ring (bicyclic) bond motifs is 1. The number of hydrogen-bond donors (Lipinski definition) is 0. The fraction of sp³-hybridized carbons (Fsp3) is 0.158. The number of rotatable bonds is 3. The van der Waals surface area contributed by atoms with Crippen molar-refractivity contribution < 1.29 is 18.4 Å². The predicted octanol–water partition coefficient (Wildman–Crippen LogP) is 4.33. The van der Waals surface area contributed by atoms with Gasteiger partial charge in [-0.3, -0.25) is 9.59 Å². The Balaban J connectivity index is 1.77. The van der Waals surface area contributed by atoms with Crippen LogP contribution in [0.3, 0.4) is 0 Å². The lowest BCUT2D eigenvalue weighted by molar-refractivity contribution is -0.113. The zero-order chi connectivity index (χ0) is 18.4. The number of hydrogen-bond acceptors (Lipinski definition) is 3. The van der Waals surface area contributed by atoms with Gasteiger partial charge in [0.2, 0.25) is 5.12 Å². The highest BCUT2D eigenvalue weighted by molar-refractivity contribution is 8.26. The van der Waals surface area contributed by atoms with Gasteiger partial charge >= 0.3 is 0 Å². The Morgan fingerprint density at radius 1 is 1.08 bits per heavy atom. The van der Waals surface area contributed by atoms with E-state index in [-0.39, 0.29) is 22.5 Å². The number of amides is 1. The highest BCUT2D eigenvalue weighted by atomic mass is 32.2. The highest BCUT2D eigenvalue weighted by Crippen LogP contribution is 2.38. The third-order valence-corrected chi connectivity index (χ3v) is 5.49. The molecular weight excluding hydrogens is 358 g/mol. The average Bonchev–Trinajstić information content (AvgIpc) is 3.13. The van der Waals surface area contributed by atoms with E-state index in [9.17, 15) is 18.4 Å². The van der Waals surface area contributed by atoms with Crippen LogP contribution in [-0.2, 0) is 11.3 Å². The maximum atomic E-state index is 14.0. The van der Waals surface area contributed by atoms with E-state index in [1.165, 1.54) is 17.0 Å². The standard InChI is InChI=1S/C19H14F2N2O2S/c1-22-17(18(24)26-19(22)25)13-5-3-7-15-12(13)8-9-23(15)10-11-4-2-6-14(20)16(11)21/h2-9,17H,10H2,1H3. The van der Waals surface area contributed by atoms with Gasteiger partial charge in [0, 0.05) is 41.5 Å². The second-order valence-corrected chi connectivity index (χ2v) is 7.09. The van der Waals surface area contributed by atoms with Gasteiger partial charge in [0.05, 0.1) is 6.54 Å². The van der Waals surface area contributed by atoms with Crippen LogP contribution in [0.4, 0.5) is 13.6 Å². The van der Waals surface area contributed by atoms with E-state index in [4.69, 9.17) is 0 Å². The molecule has 1 aliphatic heterocycles. The van der Waals surface area contributed by atoms with Crippen LogP contribution in [0.25, 0.3) is 10.9 Å². The van der Waals surface area contributed by atoms with Crippen LogP contribution >= 0.6 is 11.8 Å². The number of likely N-dealkylation sites (N-methyl/N-ethyl adjacent to an activating group) is 1. The molecule has 4 rings (SSSR count). The molecule has 132 valence electrons. The molecule has 1 aliphatic rings. The molecule has 0 radical (unpaired) electrons. The van der Waals surface area contributed by atoms with Crippen LogP contribution in [0.1, 0.15) is 17.2 Å². The first kappa shape index (κ1) is 16.8. The maximum absolute atomic E-state index is 14.0. The lowest BCUT2D eigenvalue weighted by atomic mass is 10.0. The zero-order valence-corrected chi connectivity index (χ0v) is 14.6. The van der Waals surface area contributed by atoms with Crippen LogP contribution in [0, 0.1) is 11.6 Å². The second-order valence-electron chi connectivity index (χ2n) is 6.14. The fourth-order valence-corrected chi connectivity index (χ4v) is 4.11. The molecule has 1 fully saturated rings. The Kier molecular flexibility index (Phi) is 4.03. The van der Waals surface area contributed by atoms with Gasteiger partial charge in [-0.1, -0.05) is 24.3 Å². The summed E-state index contributed by atoms with van der Waals surface area (Å²) in [7, 11) is 1.60. The van der Waals surface area contributed by atoms with E-state index in [1.54, 1.807) is 23.9 Å². The minimum Gasteiger partial charge on any atom is -0.343 e. The van der Waals surface area contributed by atoms with Crippen molar-refractivity contribution in [2.24, 2.45) is 0 Å². The van der Waals surface area contributed by atoms with Gasteiger partial charge in [-0.15, -0.1) is 0 Å². The van der Waals surface area contributed by atoms with Gasteiger partial charge in [0.15, 0.2) is 11.6 Å². The summed E-state index contributed by atoms with van der Waals surface area (Å²) >= 11 is 0.703. The van der Waals surface area contributed by atoms with Gasteiger partial charge in [-0.2, -0.15) is 0 Å². The number of carbonyl (C=O) groups is 2. The largest absolute Gasteiger partial charge is 0.343 e. The summed E-state index contributed by atoms with van der Waals surface area (Å²) in [4.78, 5) is 25.4. The van der Waals surface area contributed by atoms with Crippen LogP contribution in [0.2, 0.25) is 0 Å². The van der Waals surface area contributed by atoms with Crippen molar-refractivity contribution in [2.45, 2.75) is 12.6 Å². The van der Waals surface area contributed by atoms with Gasteiger partial charge in [0.25, 0.3) is 5.24 Å². The normalized spacial score (nSPS) is 17.5. The molecule has 0 bridgehead atoms. The van der Waals surface area contributed by atoms with Crippen molar-refractivity contribution in [3.05, 3.63) is 71.4 Å². The minimum atomic E-state index is -0.881. The summed E-state index contributed by atoms with van der Waals surface area (Å²) in [6.45, 7) is 0.165. The van der Waals surface area contributed by atoms with Gasteiger partial charge in [0.1, 0.15) is 6.04 Å². The lowest BCUT2D eigenvalue weighted by Crippen LogP contribution is -2.23. The Hall–Kier alpha value is -2.67. The first-order valence-electron chi connectivity index (χ1n) is 7.96. The molecule has 0 spiro atoms. The summed E-state index contributed by atoms with van der Waals surface area (Å²) in [5.41, 5.74) is 1.76. The van der Waals surface area contributed by atoms with Crippen LogP contribution < -0.4 is 0 Å². The summed E-state index contributed by atoms with van der Waals surface area (Å²) < 4.78 is 29.2. The van der Waals surface area contributed by atoms with Crippen molar-refractivity contribution in [1.82, 2.24) is 9.47 Å². The average molecular weight is 372 g/mol. The number of carbonyl (C=O) groups excluding carboxylic acids is 2. The molecule has 1 atom stereocenters.